The summed E-state index contributed by atoms with van der Waals surface area (Å²) in [6.07, 6.45) is 6.24. The largest absolute Gasteiger partial charge is 0.336 e. The van der Waals surface area contributed by atoms with Crippen LogP contribution in [0.5, 0.6) is 0 Å². The quantitative estimate of drug-likeness (QED) is 0.863. The SMILES string of the molecule is Cc1nc(CC(C)C)sc1C(=O)N1CCC[C@H](n2cncn2)C1. The first-order valence-corrected chi connectivity index (χ1v) is 8.96. The summed E-state index contributed by atoms with van der Waals surface area (Å²) in [6.45, 7) is 7.78. The minimum absolute atomic E-state index is 0.111. The molecule has 7 heteroatoms. The number of hydrogen-bond donors (Lipinski definition) is 0. The van der Waals surface area contributed by atoms with E-state index in [9.17, 15) is 4.79 Å². The third kappa shape index (κ3) is 3.60. The maximum atomic E-state index is 12.9. The minimum Gasteiger partial charge on any atom is -0.336 e. The van der Waals surface area contributed by atoms with Crippen molar-refractivity contribution >= 4 is 17.2 Å². The van der Waals surface area contributed by atoms with E-state index in [4.69, 9.17) is 0 Å². The Bertz CT molecular complexity index is 664. The molecule has 1 aliphatic rings. The number of hydrogen-bond acceptors (Lipinski definition) is 5. The normalized spacial score (nSPS) is 18.6. The molecule has 0 unspecified atom stereocenters. The zero-order valence-electron chi connectivity index (χ0n) is 13.9. The first-order chi connectivity index (χ1) is 11.0. The van der Waals surface area contributed by atoms with Gasteiger partial charge in [-0.2, -0.15) is 5.10 Å². The molecule has 23 heavy (non-hydrogen) atoms. The van der Waals surface area contributed by atoms with E-state index in [1.165, 1.54) is 0 Å². The molecule has 0 saturated carbocycles. The lowest BCUT2D eigenvalue weighted by molar-refractivity contribution is 0.0676. The molecule has 1 aliphatic heterocycles. The van der Waals surface area contributed by atoms with Gasteiger partial charge in [0.25, 0.3) is 5.91 Å². The summed E-state index contributed by atoms with van der Waals surface area (Å²) >= 11 is 1.55. The van der Waals surface area contributed by atoms with Gasteiger partial charge in [0.05, 0.1) is 16.7 Å². The van der Waals surface area contributed by atoms with Gasteiger partial charge < -0.3 is 4.90 Å². The van der Waals surface area contributed by atoms with Crippen LogP contribution < -0.4 is 0 Å². The van der Waals surface area contributed by atoms with Crippen molar-refractivity contribution in [2.75, 3.05) is 13.1 Å². The summed E-state index contributed by atoms with van der Waals surface area (Å²) in [6, 6.07) is 0.221. The fourth-order valence-corrected chi connectivity index (χ4v) is 4.24. The lowest BCUT2D eigenvalue weighted by atomic mass is 10.1. The maximum absolute atomic E-state index is 12.9. The highest BCUT2D eigenvalue weighted by Gasteiger charge is 2.28. The predicted octanol–water partition coefficient (Wildman–Crippen LogP) is 2.72. The zero-order chi connectivity index (χ0) is 16.4. The minimum atomic E-state index is 0.111. The number of carbonyl (C=O) groups is 1. The second-order valence-electron chi connectivity index (χ2n) is 6.54. The molecule has 0 radical (unpaired) electrons. The van der Waals surface area contributed by atoms with E-state index in [1.807, 2.05) is 16.5 Å². The summed E-state index contributed by atoms with van der Waals surface area (Å²) in [4.78, 5) is 24.2. The van der Waals surface area contributed by atoms with Gasteiger partial charge in [-0.1, -0.05) is 13.8 Å². The molecule has 6 nitrogen and oxygen atoms in total. The Labute approximate surface area is 140 Å². The molecule has 0 aliphatic carbocycles. The first-order valence-electron chi connectivity index (χ1n) is 8.14. The van der Waals surface area contributed by atoms with E-state index in [-0.39, 0.29) is 11.9 Å². The Hall–Kier alpha value is -1.76. The van der Waals surface area contributed by atoms with Crippen LogP contribution in [0.2, 0.25) is 0 Å². The molecule has 0 bridgehead atoms. The highest BCUT2D eigenvalue weighted by molar-refractivity contribution is 7.13. The molecule has 0 spiro atoms. The molecular formula is C16H23N5OS. The number of carbonyl (C=O) groups excluding carboxylic acids is 1. The number of rotatable bonds is 4. The number of likely N-dealkylation sites (tertiary alicyclic amines) is 1. The lowest BCUT2D eigenvalue weighted by Crippen LogP contribution is -2.40. The third-order valence-corrected chi connectivity index (χ3v) is 5.28. The van der Waals surface area contributed by atoms with Crippen LogP contribution in [0.4, 0.5) is 0 Å². The molecule has 0 N–H and O–H groups in total. The van der Waals surface area contributed by atoms with Crippen molar-refractivity contribution in [2.24, 2.45) is 5.92 Å². The Kier molecular flexibility index (Phi) is 4.75. The molecule has 1 fully saturated rings. The van der Waals surface area contributed by atoms with Crippen molar-refractivity contribution in [1.29, 1.82) is 0 Å². The Morgan fingerprint density at radius 1 is 1.48 bits per heavy atom. The van der Waals surface area contributed by atoms with Crippen LogP contribution in [0.3, 0.4) is 0 Å². The van der Waals surface area contributed by atoms with Gasteiger partial charge in [0.15, 0.2) is 0 Å². The molecule has 124 valence electrons. The van der Waals surface area contributed by atoms with Crippen LogP contribution in [0.1, 0.15) is 53.1 Å². The number of amides is 1. The van der Waals surface area contributed by atoms with E-state index < -0.39 is 0 Å². The molecule has 0 aromatic carbocycles. The average molecular weight is 333 g/mol. The number of nitrogens with zero attached hydrogens (tertiary/aromatic N) is 5. The Balaban J connectivity index is 1.73. The smallest absolute Gasteiger partial charge is 0.265 e. The molecule has 3 heterocycles. The van der Waals surface area contributed by atoms with Crippen LogP contribution in [0.15, 0.2) is 12.7 Å². The molecule has 2 aromatic rings. The van der Waals surface area contributed by atoms with Gasteiger partial charge in [-0.05, 0) is 25.7 Å². The third-order valence-electron chi connectivity index (χ3n) is 4.11. The van der Waals surface area contributed by atoms with Crippen molar-refractivity contribution in [3.8, 4) is 0 Å². The predicted molar refractivity (Wildman–Crippen MR) is 89.6 cm³/mol. The van der Waals surface area contributed by atoms with E-state index in [0.29, 0.717) is 12.5 Å². The van der Waals surface area contributed by atoms with Crippen LogP contribution >= 0.6 is 11.3 Å². The van der Waals surface area contributed by atoms with Gasteiger partial charge in [0.1, 0.15) is 17.5 Å². The van der Waals surface area contributed by atoms with Crippen molar-refractivity contribution in [3.63, 3.8) is 0 Å². The van der Waals surface area contributed by atoms with Crippen LogP contribution in [0.25, 0.3) is 0 Å². The van der Waals surface area contributed by atoms with Gasteiger partial charge in [0.2, 0.25) is 0 Å². The van der Waals surface area contributed by atoms with E-state index in [2.05, 4.69) is 28.9 Å². The average Bonchev–Trinajstić information content (AvgIpc) is 3.16. The van der Waals surface area contributed by atoms with Crippen molar-refractivity contribution in [2.45, 2.75) is 46.1 Å². The molecule has 2 aromatic heterocycles. The van der Waals surface area contributed by atoms with E-state index in [0.717, 1.165) is 41.4 Å². The van der Waals surface area contributed by atoms with Crippen LogP contribution in [0, 0.1) is 12.8 Å². The summed E-state index contributed by atoms with van der Waals surface area (Å²) < 4.78 is 1.86. The van der Waals surface area contributed by atoms with Crippen LogP contribution in [-0.4, -0.2) is 43.6 Å². The molecule has 1 atom stereocenters. The van der Waals surface area contributed by atoms with Gasteiger partial charge in [-0.15, -0.1) is 11.3 Å². The Morgan fingerprint density at radius 2 is 2.30 bits per heavy atom. The molecule has 3 rings (SSSR count). The second-order valence-corrected chi connectivity index (χ2v) is 7.63. The van der Waals surface area contributed by atoms with Crippen molar-refractivity contribution in [3.05, 3.63) is 28.2 Å². The van der Waals surface area contributed by atoms with Gasteiger partial charge in [0, 0.05) is 19.5 Å². The topological polar surface area (TPSA) is 63.9 Å². The zero-order valence-corrected chi connectivity index (χ0v) is 14.7. The van der Waals surface area contributed by atoms with Gasteiger partial charge in [-0.25, -0.2) is 14.6 Å². The number of piperidine rings is 1. The Morgan fingerprint density at radius 3 is 3.00 bits per heavy atom. The van der Waals surface area contributed by atoms with Crippen LogP contribution in [-0.2, 0) is 6.42 Å². The molecule has 1 amide bonds. The maximum Gasteiger partial charge on any atom is 0.265 e. The van der Waals surface area contributed by atoms with Gasteiger partial charge in [-0.3, -0.25) is 4.79 Å². The van der Waals surface area contributed by atoms with E-state index in [1.54, 1.807) is 24.0 Å². The van der Waals surface area contributed by atoms with Crippen molar-refractivity contribution < 1.29 is 4.79 Å². The standard InChI is InChI=1S/C16H23N5OS/c1-11(2)7-14-19-12(3)15(23-14)16(22)20-6-4-5-13(8-20)21-10-17-9-18-21/h9-11,13H,4-8H2,1-3H3/t13-/m0/s1. The first kappa shape index (κ1) is 16.1. The van der Waals surface area contributed by atoms with Crippen molar-refractivity contribution in [1.82, 2.24) is 24.6 Å². The highest BCUT2D eigenvalue weighted by atomic mass is 32.1. The number of aromatic nitrogens is 4. The fraction of sp³-hybridized carbons (Fsp3) is 0.625. The highest BCUT2D eigenvalue weighted by Crippen LogP contribution is 2.26. The van der Waals surface area contributed by atoms with Gasteiger partial charge >= 0.3 is 0 Å². The number of thiazole rings is 1. The van der Waals surface area contributed by atoms with E-state index >= 15 is 0 Å². The fourth-order valence-electron chi connectivity index (χ4n) is 2.99. The second kappa shape index (κ2) is 6.78. The molecule has 1 saturated heterocycles. The summed E-state index contributed by atoms with van der Waals surface area (Å²) in [5.74, 6) is 0.662. The summed E-state index contributed by atoms with van der Waals surface area (Å²) in [7, 11) is 0. The monoisotopic (exact) mass is 333 g/mol. The lowest BCUT2D eigenvalue weighted by Gasteiger charge is -2.32. The summed E-state index contributed by atoms with van der Waals surface area (Å²) in [5, 5.41) is 5.28. The molecular weight excluding hydrogens is 310 g/mol. The summed E-state index contributed by atoms with van der Waals surface area (Å²) in [5.41, 5.74) is 0.860. The number of aryl methyl sites for hydroxylation is 1.